The molecule has 2 nitrogen and oxygen atoms in total. The van der Waals surface area contributed by atoms with E-state index in [4.69, 9.17) is 11.6 Å². The van der Waals surface area contributed by atoms with Crippen molar-refractivity contribution >= 4 is 11.6 Å². The summed E-state index contributed by atoms with van der Waals surface area (Å²) in [6.45, 7) is 5.14. The van der Waals surface area contributed by atoms with Crippen LogP contribution < -0.4 is 5.32 Å². The minimum Gasteiger partial charge on any atom is -0.314 e. The average molecular weight is 245 g/mol. The standard InChI is InChI=1S/C13H25ClN2/c14-12-4-6-13(7-5-12)15-8-3-11-16-9-1-2-10-16/h12-13,15H,1-11H2. The molecule has 1 saturated carbocycles. The summed E-state index contributed by atoms with van der Waals surface area (Å²) in [5.74, 6) is 0. The lowest BCUT2D eigenvalue weighted by atomic mass is 9.95. The maximum atomic E-state index is 6.09. The zero-order valence-electron chi connectivity index (χ0n) is 10.3. The topological polar surface area (TPSA) is 15.3 Å². The molecule has 0 bridgehead atoms. The third-order valence-electron chi connectivity index (χ3n) is 3.94. The van der Waals surface area contributed by atoms with E-state index in [1.807, 2.05) is 0 Å². The highest BCUT2D eigenvalue weighted by Gasteiger charge is 2.18. The average Bonchev–Trinajstić information content (AvgIpc) is 2.80. The zero-order chi connectivity index (χ0) is 11.2. The Morgan fingerprint density at radius 2 is 1.75 bits per heavy atom. The van der Waals surface area contributed by atoms with Gasteiger partial charge in [0.05, 0.1) is 0 Å². The first kappa shape index (κ1) is 12.7. The number of hydrogen-bond acceptors (Lipinski definition) is 2. The quantitative estimate of drug-likeness (QED) is 0.591. The Bertz CT molecular complexity index is 184. The van der Waals surface area contributed by atoms with Gasteiger partial charge in [0.25, 0.3) is 0 Å². The second-order valence-corrected chi connectivity index (χ2v) is 5.92. The molecule has 1 aliphatic heterocycles. The second kappa shape index (κ2) is 6.83. The Morgan fingerprint density at radius 1 is 1.06 bits per heavy atom. The molecule has 2 aliphatic rings. The molecule has 94 valence electrons. The summed E-state index contributed by atoms with van der Waals surface area (Å²) in [5.41, 5.74) is 0. The van der Waals surface area contributed by atoms with Crippen molar-refractivity contribution in [2.75, 3.05) is 26.2 Å². The summed E-state index contributed by atoms with van der Waals surface area (Å²) in [7, 11) is 0. The summed E-state index contributed by atoms with van der Waals surface area (Å²) in [4.78, 5) is 2.59. The van der Waals surface area contributed by atoms with Gasteiger partial charge in [-0.1, -0.05) is 0 Å². The van der Waals surface area contributed by atoms with Crippen molar-refractivity contribution in [1.82, 2.24) is 10.2 Å². The zero-order valence-corrected chi connectivity index (χ0v) is 11.0. The molecule has 0 amide bonds. The maximum absolute atomic E-state index is 6.09. The van der Waals surface area contributed by atoms with Gasteiger partial charge in [0.2, 0.25) is 0 Å². The van der Waals surface area contributed by atoms with Crippen molar-refractivity contribution in [3.63, 3.8) is 0 Å². The van der Waals surface area contributed by atoms with Gasteiger partial charge in [-0.2, -0.15) is 0 Å². The molecule has 0 aromatic carbocycles. The van der Waals surface area contributed by atoms with Crippen molar-refractivity contribution in [3.05, 3.63) is 0 Å². The molecule has 1 saturated heterocycles. The fraction of sp³-hybridized carbons (Fsp3) is 1.00. The van der Waals surface area contributed by atoms with Crippen LogP contribution in [0.25, 0.3) is 0 Å². The third-order valence-corrected chi connectivity index (χ3v) is 4.38. The van der Waals surface area contributed by atoms with E-state index in [1.54, 1.807) is 0 Å². The predicted octanol–water partition coefficient (Wildman–Crippen LogP) is 2.61. The van der Waals surface area contributed by atoms with Crippen LogP contribution in [-0.4, -0.2) is 42.5 Å². The van der Waals surface area contributed by atoms with Crippen molar-refractivity contribution in [2.24, 2.45) is 0 Å². The van der Waals surface area contributed by atoms with Crippen LogP contribution >= 0.6 is 11.6 Å². The largest absolute Gasteiger partial charge is 0.314 e. The van der Waals surface area contributed by atoms with E-state index in [0.717, 1.165) is 6.04 Å². The Morgan fingerprint density at radius 3 is 2.44 bits per heavy atom. The Hall–Kier alpha value is 0.210. The van der Waals surface area contributed by atoms with Crippen LogP contribution in [0.3, 0.4) is 0 Å². The molecule has 0 spiro atoms. The van der Waals surface area contributed by atoms with Crippen molar-refractivity contribution in [3.8, 4) is 0 Å². The number of alkyl halides is 1. The van der Waals surface area contributed by atoms with E-state index >= 15 is 0 Å². The Labute approximate surface area is 105 Å². The third kappa shape index (κ3) is 4.23. The molecule has 1 aliphatic carbocycles. The number of nitrogens with zero attached hydrogens (tertiary/aromatic N) is 1. The highest BCUT2D eigenvalue weighted by molar-refractivity contribution is 6.20. The lowest BCUT2D eigenvalue weighted by molar-refractivity contribution is 0.317. The smallest absolute Gasteiger partial charge is 0.0337 e. The SMILES string of the molecule is ClC1CCC(NCCCN2CCCC2)CC1. The first-order valence-corrected chi connectivity index (χ1v) is 7.38. The van der Waals surface area contributed by atoms with Crippen molar-refractivity contribution < 1.29 is 0 Å². The first-order valence-electron chi connectivity index (χ1n) is 6.94. The van der Waals surface area contributed by atoms with Gasteiger partial charge < -0.3 is 10.2 Å². The second-order valence-electron chi connectivity index (χ2n) is 5.31. The highest BCUT2D eigenvalue weighted by Crippen LogP contribution is 2.22. The van der Waals surface area contributed by atoms with Crippen LogP contribution in [0.4, 0.5) is 0 Å². The van der Waals surface area contributed by atoms with Gasteiger partial charge in [0.15, 0.2) is 0 Å². The van der Waals surface area contributed by atoms with Gasteiger partial charge in [-0.25, -0.2) is 0 Å². The molecule has 1 heterocycles. The van der Waals surface area contributed by atoms with Crippen LogP contribution in [0.1, 0.15) is 44.9 Å². The minimum atomic E-state index is 0.447. The summed E-state index contributed by atoms with van der Waals surface area (Å²) < 4.78 is 0. The number of halogens is 1. The molecule has 0 aromatic rings. The first-order chi connectivity index (χ1) is 7.84. The maximum Gasteiger partial charge on any atom is 0.0337 e. The van der Waals surface area contributed by atoms with Crippen LogP contribution in [0, 0.1) is 0 Å². The van der Waals surface area contributed by atoms with E-state index in [2.05, 4.69) is 10.2 Å². The molecule has 0 atom stereocenters. The predicted molar refractivity (Wildman–Crippen MR) is 70.2 cm³/mol. The van der Waals surface area contributed by atoms with Crippen LogP contribution in [0.15, 0.2) is 0 Å². The molecular formula is C13H25ClN2. The highest BCUT2D eigenvalue weighted by atomic mass is 35.5. The van der Waals surface area contributed by atoms with Crippen LogP contribution in [0.5, 0.6) is 0 Å². The number of hydrogen-bond donors (Lipinski definition) is 1. The Balaban J connectivity index is 1.48. The molecule has 2 rings (SSSR count). The van der Waals surface area contributed by atoms with Crippen LogP contribution in [0.2, 0.25) is 0 Å². The van der Waals surface area contributed by atoms with E-state index < -0.39 is 0 Å². The molecular weight excluding hydrogens is 220 g/mol. The van der Waals surface area contributed by atoms with Crippen molar-refractivity contribution in [1.29, 1.82) is 0 Å². The molecule has 0 unspecified atom stereocenters. The van der Waals surface area contributed by atoms with Gasteiger partial charge in [0, 0.05) is 11.4 Å². The monoisotopic (exact) mass is 244 g/mol. The Kier molecular flexibility index (Phi) is 5.40. The molecule has 0 aromatic heterocycles. The van der Waals surface area contributed by atoms with Crippen LogP contribution in [-0.2, 0) is 0 Å². The van der Waals surface area contributed by atoms with E-state index in [9.17, 15) is 0 Å². The molecule has 3 heteroatoms. The molecule has 1 N–H and O–H groups in total. The van der Waals surface area contributed by atoms with E-state index in [1.165, 1.54) is 71.1 Å². The lowest BCUT2D eigenvalue weighted by Gasteiger charge is -2.26. The van der Waals surface area contributed by atoms with E-state index in [0.29, 0.717) is 5.38 Å². The summed E-state index contributed by atoms with van der Waals surface area (Å²) in [5, 5.41) is 4.13. The number of rotatable bonds is 5. The van der Waals surface area contributed by atoms with Gasteiger partial charge in [-0.05, 0) is 71.1 Å². The normalized spacial score (nSPS) is 32.1. The summed E-state index contributed by atoms with van der Waals surface area (Å²) in [6, 6.07) is 0.744. The summed E-state index contributed by atoms with van der Waals surface area (Å²) >= 11 is 6.09. The fourth-order valence-electron chi connectivity index (χ4n) is 2.87. The number of nitrogens with one attached hydrogen (secondary N) is 1. The molecule has 2 fully saturated rings. The fourth-order valence-corrected chi connectivity index (χ4v) is 3.12. The van der Waals surface area contributed by atoms with Gasteiger partial charge in [-0.3, -0.25) is 0 Å². The van der Waals surface area contributed by atoms with Gasteiger partial charge >= 0.3 is 0 Å². The lowest BCUT2D eigenvalue weighted by Crippen LogP contribution is -2.35. The summed E-state index contributed by atoms with van der Waals surface area (Å²) in [6.07, 6.45) is 9.08. The number of likely N-dealkylation sites (tertiary alicyclic amines) is 1. The van der Waals surface area contributed by atoms with Gasteiger partial charge in [0.1, 0.15) is 0 Å². The van der Waals surface area contributed by atoms with Crippen molar-refractivity contribution in [2.45, 2.75) is 56.4 Å². The minimum absolute atomic E-state index is 0.447. The molecule has 0 radical (unpaired) electrons. The van der Waals surface area contributed by atoms with Gasteiger partial charge in [-0.15, -0.1) is 11.6 Å². The van der Waals surface area contributed by atoms with E-state index in [-0.39, 0.29) is 0 Å². The molecule has 16 heavy (non-hydrogen) atoms.